The first kappa shape index (κ1) is 97.1. The van der Waals surface area contributed by atoms with Gasteiger partial charge in [0.2, 0.25) is 11.5 Å². The third-order valence-electron chi connectivity index (χ3n) is 23.4. The van der Waals surface area contributed by atoms with Crippen molar-refractivity contribution in [2.45, 2.75) is 304 Å². The molecule has 6 atom stereocenters. The van der Waals surface area contributed by atoms with E-state index < -0.39 is 23.6 Å². The molecule has 2 aliphatic rings. The van der Waals surface area contributed by atoms with Crippen LogP contribution >= 0.6 is 0 Å². The topological polar surface area (TPSA) is 188 Å². The van der Waals surface area contributed by atoms with Crippen LogP contribution in [-0.4, -0.2) is 111 Å². The van der Waals surface area contributed by atoms with Crippen molar-refractivity contribution in [3.05, 3.63) is 80.9 Å². The van der Waals surface area contributed by atoms with Crippen molar-refractivity contribution < 1.29 is 57.2 Å². The second kappa shape index (κ2) is 50.9. The molecule has 4 aromatic carbocycles. The van der Waals surface area contributed by atoms with Crippen molar-refractivity contribution in [1.29, 1.82) is 0 Å². The molecule has 116 heavy (non-hydrogen) atoms. The highest BCUT2D eigenvalue weighted by molar-refractivity contribution is 6.34. The van der Waals surface area contributed by atoms with Crippen LogP contribution in [0.3, 0.4) is 0 Å². The molecule has 0 fully saturated rings. The van der Waals surface area contributed by atoms with Gasteiger partial charge < -0.3 is 39.1 Å². The summed E-state index contributed by atoms with van der Waals surface area (Å²) in [5, 5.41) is 6.41. The molecule has 6 amide bonds. The predicted molar refractivity (Wildman–Crippen MR) is 474 cm³/mol. The minimum absolute atomic E-state index is 0.0232. The predicted octanol–water partition coefficient (Wildman–Crippen LogP) is 23.8. The van der Waals surface area contributed by atoms with Crippen molar-refractivity contribution in [2.75, 3.05) is 65.8 Å². The number of nitrogens with one attached hydrogen (secondary N) is 2. The third kappa shape index (κ3) is 31.9. The Kier molecular flexibility index (Phi) is 42.6. The molecule has 16 heteroatoms. The van der Waals surface area contributed by atoms with Gasteiger partial charge in [-0.15, -0.1) is 12.8 Å². The fourth-order valence-corrected chi connectivity index (χ4v) is 15.6. The number of benzene rings is 4. The molecule has 0 bridgehead atoms. The minimum atomic E-state index is -0.660. The first-order valence-corrected chi connectivity index (χ1v) is 45.4. The maximum Gasteiger partial charge on any atom is 0.262 e. The summed E-state index contributed by atoms with van der Waals surface area (Å²) < 4.78 is 39.9. The molecule has 644 valence electrons. The first-order valence-electron chi connectivity index (χ1n) is 45.4. The van der Waals surface area contributed by atoms with Gasteiger partial charge in [0.25, 0.3) is 35.4 Å². The van der Waals surface area contributed by atoms with Gasteiger partial charge >= 0.3 is 0 Å². The Hall–Kier alpha value is -7.72. The van der Waals surface area contributed by atoms with Crippen LogP contribution in [0.25, 0.3) is 10.8 Å². The smallest absolute Gasteiger partial charge is 0.262 e. The maximum absolute atomic E-state index is 14.8. The summed E-state index contributed by atoms with van der Waals surface area (Å²) in [6.45, 7) is 43.9. The highest BCUT2D eigenvalue weighted by Gasteiger charge is 2.42. The second-order valence-electron chi connectivity index (χ2n) is 37.2. The molecular weight excluding hydrogens is 1450 g/mol. The van der Waals surface area contributed by atoms with Gasteiger partial charge in [-0.05, 0) is 172 Å². The molecule has 0 saturated carbocycles. The Bertz CT molecular complexity index is 3500. The molecule has 16 nitrogen and oxygen atoms in total. The van der Waals surface area contributed by atoms with Gasteiger partial charge in [0.05, 0.1) is 50.8 Å². The number of carbonyl (C=O) groups excluding carboxylic acids is 6. The molecule has 0 saturated heterocycles. The maximum atomic E-state index is 14.8. The molecule has 0 aliphatic carbocycles. The number of rotatable bonds is 60. The van der Waals surface area contributed by atoms with E-state index in [2.05, 4.69) is 147 Å². The van der Waals surface area contributed by atoms with E-state index in [1.54, 1.807) is 24.3 Å². The van der Waals surface area contributed by atoms with E-state index in [1.807, 2.05) is 0 Å². The number of hydrogen-bond donors (Lipinski definition) is 2. The third-order valence-corrected chi connectivity index (χ3v) is 23.4. The summed E-state index contributed by atoms with van der Waals surface area (Å²) in [5.41, 5.74) is 1.10. The lowest BCUT2D eigenvalue weighted by atomic mass is 9.81. The number of amides is 6. The molecule has 0 radical (unpaired) electrons. The minimum Gasteiger partial charge on any atom is -0.490 e. The lowest BCUT2D eigenvalue weighted by Crippen LogP contribution is -2.44. The number of nitrogens with zero attached hydrogens (tertiary/aromatic N) is 2. The van der Waals surface area contributed by atoms with Gasteiger partial charge in [-0.3, -0.25) is 38.6 Å². The summed E-state index contributed by atoms with van der Waals surface area (Å²) in [6, 6.07) is 9.95. The second-order valence-corrected chi connectivity index (χ2v) is 37.2. The lowest BCUT2D eigenvalue weighted by molar-refractivity contribution is 0.0586. The fraction of sp³-hybridized carbons (Fsp3) is 0.680. The van der Waals surface area contributed by atoms with Crippen LogP contribution in [0, 0.1) is 95.7 Å². The van der Waals surface area contributed by atoms with Gasteiger partial charge in [-0.1, -0.05) is 252 Å². The average molecular weight is 1600 g/mol. The van der Waals surface area contributed by atoms with Crippen LogP contribution in [0.1, 0.15) is 378 Å². The van der Waals surface area contributed by atoms with Gasteiger partial charge in [-0.25, -0.2) is 0 Å². The quantitative estimate of drug-likeness (QED) is 0.0242. The lowest BCUT2D eigenvalue weighted by Gasteiger charge is -2.33. The van der Waals surface area contributed by atoms with Gasteiger partial charge in [0, 0.05) is 70.3 Å². The molecule has 4 aromatic rings. The largest absolute Gasteiger partial charge is 0.490 e. The Labute approximate surface area is 701 Å². The molecular formula is C100H152N4O12. The molecule has 2 heterocycles. The van der Waals surface area contributed by atoms with Crippen LogP contribution in [0.15, 0.2) is 36.4 Å². The van der Waals surface area contributed by atoms with Crippen molar-refractivity contribution in [1.82, 2.24) is 20.4 Å². The van der Waals surface area contributed by atoms with Crippen LogP contribution in [0.4, 0.5) is 0 Å². The summed E-state index contributed by atoms with van der Waals surface area (Å²) in [7, 11) is 0. The number of carbonyl (C=O) groups is 6. The zero-order valence-corrected chi connectivity index (χ0v) is 75.2. The number of unbranched alkanes of at least 4 members (excludes halogenated alkanes) is 2. The molecule has 0 aromatic heterocycles. The van der Waals surface area contributed by atoms with Crippen LogP contribution in [0.5, 0.6) is 34.5 Å². The highest BCUT2D eigenvalue weighted by Crippen LogP contribution is 2.44. The summed E-state index contributed by atoms with van der Waals surface area (Å²) in [4.78, 5) is 90.2. The van der Waals surface area contributed by atoms with Crippen molar-refractivity contribution in [3.63, 3.8) is 0 Å². The van der Waals surface area contributed by atoms with Crippen LogP contribution < -0.4 is 39.1 Å². The van der Waals surface area contributed by atoms with E-state index in [0.29, 0.717) is 182 Å². The molecule has 2 N–H and O–H groups in total. The van der Waals surface area contributed by atoms with E-state index >= 15 is 0 Å². The number of terminal acetylenes is 2. The molecule has 6 rings (SSSR count). The fourth-order valence-electron chi connectivity index (χ4n) is 15.6. The van der Waals surface area contributed by atoms with Crippen molar-refractivity contribution in [3.8, 4) is 59.2 Å². The summed E-state index contributed by atoms with van der Waals surface area (Å²) in [5.74, 6) is 11.5. The van der Waals surface area contributed by atoms with Crippen molar-refractivity contribution >= 4 is 46.2 Å². The Morgan fingerprint density at radius 2 is 0.560 bits per heavy atom. The van der Waals surface area contributed by atoms with E-state index in [0.717, 1.165) is 113 Å². The SMILES string of the molecule is C#Cc1cc2c3c(c(C#C)cc4c3c1C(=O)N(CCCCNC(=O)c1cc(OCC[C@@H](C)CCCC(C)C)c(OCC[C@@H](C)CCCC(C)C)c(OCC[C@@H](C)CCCC(C)C)c1)C4=O)C(=O)N(CCCCNC(=O)c1cc(OCC[C@@H](C)CCCC(C)C)c(OCC[C@@H](C)CCCC(C)C)c(OCC[C@@H](C)CCCC(C)C)c1)C2=O. The van der Waals surface area contributed by atoms with Gasteiger partial charge in [0.15, 0.2) is 23.0 Å². The highest BCUT2D eigenvalue weighted by atomic mass is 16.5. The zero-order valence-electron chi connectivity index (χ0n) is 75.2. The van der Waals surface area contributed by atoms with Crippen LogP contribution in [-0.2, 0) is 0 Å². The normalized spacial score (nSPS) is 14.4. The Morgan fingerprint density at radius 1 is 0.319 bits per heavy atom. The van der Waals surface area contributed by atoms with Gasteiger partial charge in [-0.2, -0.15) is 0 Å². The molecule has 0 unspecified atom stereocenters. The summed E-state index contributed by atoms with van der Waals surface area (Å²) in [6.07, 6.45) is 39.7. The monoisotopic (exact) mass is 1600 g/mol. The first-order chi connectivity index (χ1) is 55.4. The van der Waals surface area contributed by atoms with Gasteiger partial charge in [0.1, 0.15) is 0 Å². The molecule has 0 spiro atoms. The number of imide groups is 2. The van der Waals surface area contributed by atoms with E-state index in [9.17, 15) is 28.8 Å². The Balaban J connectivity index is 1.16. The molecule has 2 aliphatic heterocycles. The van der Waals surface area contributed by atoms with E-state index in [1.165, 1.54) is 63.5 Å². The van der Waals surface area contributed by atoms with Crippen molar-refractivity contribution in [2.24, 2.45) is 71.0 Å². The zero-order chi connectivity index (χ0) is 85.0. The van der Waals surface area contributed by atoms with Crippen LogP contribution in [0.2, 0.25) is 0 Å². The van der Waals surface area contributed by atoms with E-state index in [4.69, 9.17) is 41.3 Å². The Morgan fingerprint density at radius 3 is 0.793 bits per heavy atom. The summed E-state index contributed by atoms with van der Waals surface area (Å²) >= 11 is 0. The number of ether oxygens (including phenoxy) is 6. The average Bonchev–Trinajstić information content (AvgIpc) is 0.699. The standard InChI is InChI=1S/C100H152N4O12/c1-21-79-61-83-92-90(100(110)104(97(83)107)54-26-24-52-102-96(106)82-65-87(113-57-47-75(17)41-29-35-69(7)8)94(116-60-50-78(20)44-32-38-72(13)14)88(66-82)114-58-48-76(18)42-30-36-70(9)10)80(22-2)62-84-91(92)89(79)99(109)103(98(84)108)53-25-23-51-101-95(105)81-63-85(111-55-45-73(15)39-27-33-67(3)4)93(115-59-49-77(19)43-31-37-71(11)12)86(64-81)112-56-46-74(16)40-28-34-68(5)6/h1-2,61-78H,23-60H2,3-20H3,(H,101,105)(H,102,106)/t73-,74-,75-,76-,77-,78-/m0/s1. The van der Waals surface area contributed by atoms with E-state index in [-0.39, 0.29) is 82.1 Å². The number of hydrogen-bond acceptors (Lipinski definition) is 12.